The van der Waals surface area contributed by atoms with Crippen molar-refractivity contribution in [3.8, 4) is 11.1 Å². The summed E-state index contributed by atoms with van der Waals surface area (Å²) in [6.45, 7) is 0. The van der Waals surface area contributed by atoms with Crippen molar-refractivity contribution in [2.45, 2.75) is 19.6 Å². The molecule has 50 heavy (non-hydrogen) atoms. The van der Waals surface area contributed by atoms with Gasteiger partial charge in [-0.3, -0.25) is 9.11 Å². The standard InChI is InChI=1S/C34H28N6O6S4/c1-47-27-15-19(11-13-25(27)37-39-33-29(49(41,42)43)17-21-7-3-5-9-23(21)31(33)35)20-12-14-26(28(16-20)48-2)38-40-34-30(50(44,45)46)18-22-8-4-6-10-24(22)32(34)36/h3-18H,35-36H2,1-2H3,(H,41,42,43)(H,44,45,46). The van der Waals surface area contributed by atoms with Gasteiger partial charge in [0, 0.05) is 20.6 Å². The van der Waals surface area contributed by atoms with E-state index in [2.05, 4.69) is 20.5 Å². The molecule has 0 saturated carbocycles. The molecular weight excluding hydrogens is 717 g/mol. The number of anilines is 2. The average Bonchev–Trinajstić information content (AvgIpc) is 3.09. The lowest BCUT2D eigenvalue weighted by Gasteiger charge is -2.11. The summed E-state index contributed by atoms with van der Waals surface area (Å²) >= 11 is 2.81. The van der Waals surface area contributed by atoms with Gasteiger partial charge in [-0.2, -0.15) is 16.8 Å². The highest BCUT2D eigenvalue weighted by atomic mass is 32.2. The summed E-state index contributed by atoms with van der Waals surface area (Å²) in [7, 11) is -9.32. The largest absolute Gasteiger partial charge is 0.396 e. The van der Waals surface area contributed by atoms with Crippen LogP contribution in [0.15, 0.2) is 137 Å². The zero-order valence-corrected chi connectivity index (χ0v) is 29.6. The molecule has 0 bridgehead atoms. The summed E-state index contributed by atoms with van der Waals surface area (Å²) in [5.41, 5.74) is 15.0. The van der Waals surface area contributed by atoms with Gasteiger partial charge in [0.25, 0.3) is 20.2 Å². The molecule has 6 rings (SSSR count). The summed E-state index contributed by atoms with van der Waals surface area (Å²) in [5, 5.41) is 19.2. The fraction of sp³-hybridized carbons (Fsp3) is 0.0588. The van der Waals surface area contributed by atoms with Crippen LogP contribution in [0.25, 0.3) is 32.7 Å². The van der Waals surface area contributed by atoms with Crippen molar-refractivity contribution >= 4 is 99.4 Å². The Labute approximate surface area is 296 Å². The van der Waals surface area contributed by atoms with Crippen LogP contribution in [0.5, 0.6) is 0 Å². The Morgan fingerprint density at radius 3 is 1.28 bits per heavy atom. The summed E-state index contributed by atoms with van der Waals surface area (Å²) in [5.74, 6) is 0. The van der Waals surface area contributed by atoms with E-state index in [0.29, 0.717) is 32.9 Å². The lowest BCUT2D eigenvalue weighted by atomic mass is 10.0. The number of hydrogen-bond donors (Lipinski definition) is 4. The number of fused-ring (bicyclic) bond motifs is 2. The van der Waals surface area contributed by atoms with Gasteiger partial charge >= 0.3 is 0 Å². The second-order valence-corrected chi connectivity index (χ2v) is 15.3. The maximum atomic E-state index is 12.2. The van der Waals surface area contributed by atoms with E-state index < -0.39 is 30.0 Å². The van der Waals surface area contributed by atoms with E-state index in [0.717, 1.165) is 20.9 Å². The van der Waals surface area contributed by atoms with Crippen LogP contribution in [0.4, 0.5) is 34.1 Å². The number of thioether (sulfide) groups is 2. The van der Waals surface area contributed by atoms with E-state index in [1.165, 1.54) is 35.7 Å². The number of nitrogen functional groups attached to an aromatic ring is 2. The van der Waals surface area contributed by atoms with Gasteiger partial charge < -0.3 is 11.5 Å². The number of nitrogens with zero attached hydrogens (tertiary/aromatic N) is 4. The Hall–Kier alpha value is -4.84. The Bertz CT molecular complexity index is 2430. The Morgan fingerprint density at radius 1 is 0.540 bits per heavy atom. The molecule has 0 heterocycles. The second kappa shape index (κ2) is 13.8. The maximum absolute atomic E-state index is 12.2. The number of nitrogens with two attached hydrogens (primary N) is 2. The zero-order chi connectivity index (χ0) is 35.8. The van der Waals surface area contributed by atoms with Crippen LogP contribution in [0.2, 0.25) is 0 Å². The maximum Gasteiger partial charge on any atom is 0.296 e. The second-order valence-electron chi connectivity index (χ2n) is 10.8. The van der Waals surface area contributed by atoms with E-state index in [-0.39, 0.29) is 22.7 Å². The fourth-order valence-corrected chi connectivity index (χ4v) is 7.83. The van der Waals surface area contributed by atoms with Gasteiger partial charge in [-0.1, -0.05) is 60.7 Å². The molecule has 0 fully saturated rings. The van der Waals surface area contributed by atoms with Crippen LogP contribution in [-0.2, 0) is 20.2 Å². The van der Waals surface area contributed by atoms with Crippen LogP contribution in [-0.4, -0.2) is 38.5 Å². The van der Waals surface area contributed by atoms with Crippen molar-refractivity contribution in [3.63, 3.8) is 0 Å². The molecule has 0 radical (unpaired) electrons. The normalized spacial score (nSPS) is 12.5. The highest BCUT2D eigenvalue weighted by molar-refractivity contribution is 7.99. The lowest BCUT2D eigenvalue weighted by molar-refractivity contribution is 0.481. The van der Waals surface area contributed by atoms with E-state index in [9.17, 15) is 25.9 Å². The molecule has 6 aromatic rings. The molecule has 0 spiro atoms. The molecule has 16 heteroatoms. The topological polar surface area (TPSA) is 210 Å². The van der Waals surface area contributed by atoms with Gasteiger partial charge in [0.2, 0.25) is 0 Å². The molecule has 0 saturated heterocycles. The molecule has 0 aliphatic carbocycles. The smallest absolute Gasteiger partial charge is 0.296 e. The first-order valence-electron chi connectivity index (χ1n) is 14.6. The van der Waals surface area contributed by atoms with E-state index in [4.69, 9.17) is 11.5 Å². The minimum atomic E-state index is -4.66. The molecule has 0 aromatic heterocycles. The quantitative estimate of drug-likeness (QED) is 0.0476. The molecular formula is C34H28N6O6S4. The Morgan fingerprint density at radius 2 is 0.920 bits per heavy atom. The minimum absolute atomic E-state index is 0.0705. The molecule has 0 aliphatic heterocycles. The van der Waals surface area contributed by atoms with Gasteiger partial charge in [0.15, 0.2) is 0 Å². The number of azo groups is 2. The molecule has 0 atom stereocenters. The Kier molecular flexibility index (Phi) is 9.67. The van der Waals surface area contributed by atoms with Gasteiger partial charge in [0.05, 0.1) is 22.7 Å². The molecule has 0 aliphatic rings. The average molecular weight is 745 g/mol. The zero-order valence-electron chi connectivity index (χ0n) is 26.3. The summed E-state index contributed by atoms with van der Waals surface area (Å²) in [6, 6.07) is 27.4. The number of benzene rings is 6. The third kappa shape index (κ3) is 6.94. The molecule has 254 valence electrons. The van der Waals surface area contributed by atoms with E-state index in [1.54, 1.807) is 60.7 Å². The van der Waals surface area contributed by atoms with E-state index >= 15 is 0 Å². The first kappa shape index (κ1) is 35.0. The molecule has 6 N–H and O–H groups in total. The van der Waals surface area contributed by atoms with Crippen LogP contribution in [0.1, 0.15) is 0 Å². The monoisotopic (exact) mass is 744 g/mol. The third-order valence-corrected chi connectivity index (χ3v) is 11.1. The SMILES string of the molecule is CSc1cc(-c2ccc(N=Nc3c(S(=O)(=O)O)cc4ccccc4c3N)c(SC)c2)ccc1N=Nc1c(S(=O)(=O)O)cc2ccccc2c1N. The third-order valence-electron chi connectivity index (χ3n) is 7.82. The molecule has 0 amide bonds. The van der Waals surface area contributed by atoms with Crippen molar-refractivity contribution in [2.24, 2.45) is 20.5 Å². The van der Waals surface area contributed by atoms with Gasteiger partial charge in [0.1, 0.15) is 21.2 Å². The Balaban J connectivity index is 1.35. The predicted molar refractivity (Wildman–Crippen MR) is 200 cm³/mol. The fourth-order valence-electron chi connectivity index (χ4n) is 5.36. The van der Waals surface area contributed by atoms with Crippen LogP contribution < -0.4 is 11.5 Å². The summed E-state index contributed by atoms with van der Waals surface area (Å²) < 4.78 is 68.8. The van der Waals surface area contributed by atoms with Gasteiger partial charge in [-0.05, 0) is 70.8 Å². The molecule has 6 aromatic carbocycles. The van der Waals surface area contributed by atoms with E-state index in [1.807, 2.05) is 36.8 Å². The summed E-state index contributed by atoms with van der Waals surface area (Å²) in [6.07, 6.45) is 3.73. The highest BCUT2D eigenvalue weighted by Crippen LogP contribution is 2.42. The number of rotatable bonds is 9. The first-order valence-corrected chi connectivity index (χ1v) is 19.9. The van der Waals surface area contributed by atoms with Gasteiger partial charge in [-0.25, -0.2) is 0 Å². The lowest BCUT2D eigenvalue weighted by Crippen LogP contribution is -2.01. The van der Waals surface area contributed by atoms with Crippen molar-refractivity contribution in [3.05, 3.63) is 97.1 Å². The predicted octanol–water partition coefficient (Wildman–Crippen LogP) is 9.59. The first-order chi connectivity index (χ1) is 23.8. The molecule has 12 nitrogen and oxygen atoms in total. The van der Waals surface area contributed by atoms with Crippen molar-refractivity contribution in [2.75, 3.05) is 24.0 Å². The van der Waals surface area contributed by atoms with Crippen LogP contribution in [0.3, 0.4) is 0 Å². The minimum Gasteiger partial charge on any atom is -0.396 e. The van der Waals surface area contributed by atoms with Crippen molar-refractivity contribution in [1.82, 2.24) is 0 Å². The number of hydrogen-bond acceptors (Lipinski definition) is 12. The molecule has 0 unspecified atom stereocenters. The van der Waals surface area contributed by atoms with Crippen LogP contribution in [0, 0.1) is 0 Å². The van der Waals surface area contributed by atoms with Crippen molar-refractivity contribution in [1.29, 1.82) is 0 Å². The van der Waals surface area contributed by atoms with Crippen molar-refractivity contribution < 1.29 is 25.9 Å². The highest BCUT2D eigenvalue weighted by Gasteiger charge is 2.22. The van der Waals surface area contributed by atoms with Gasteiger partial charge in [-0.15, -0.1) is 44.0 Å². The summed E-state index contributed by atoms with van der Waals surface area (Å²) in [4.78, 5) is 0.578. The van der Waals surface area contributed by atoms with Crippen LogP contribution >= 0.6 is 23.5 Å².